The van der Waals surface area contributed by atoms with Gasteiger partial charge in [-0.05, 0) is 0 Å². The van der Waals surface area contributed by atoms with Gasteiger partial charge in [0.15, 0.2) is 0 Å². The molecule has 45 heavy (non-hydrogen) atoms. The monoisotopic (exact) mass is 721 g/mol. The van der Waals surface area contributed by atoms with E-state index >= 15 is 0 Å². The van der Waals surface area contributed by atoms with Gasteiger partial charge < -0.3 is 0 Å². The summed E-state index contributed by atoms with van der Waals surface area (Å²) >= 11 is -3.22. The van der Waals surface area contributed by atoms with E-state index in [9.17, 15) is 0 Å². The molecule has 0 nitrogen and oxygen atoms in total. The van der Waals surface area contributed by atoms with E-state index in [0.29, 0.717) is 7.25 Å². The van der Waals surface area contributed by atoms with Gasteiger partial charge >= 0.3 is 265 Å². The second kappa shape index (κ2) is 13.5. The predicted octanol–water partition coefficient (Wildman–Crippen LogP) is 11.0. The smallest absolute Gasteiger partial charge is 0.147 e. The minimum atomic E-state index is -3.22. The molecule has 5 aromatic rings. The van der Waals surface area contributed by atoms with Crippen LogP contribution in [0.25, 0.3) is 34.4 Å². The van der Waals surface area contributed by atoms with Crippen molar-refractivity contribution in [2.45, 2.75) is 39.1 Å². The Balaban J connectivity index is 0.00000200. The maximum Gasteiger partial charge on any atom is -0.147 e. The van der Waals surface area contributed by atoms with Gasteiger partial charge in [-0.25, -0.2) is 0 Å². The second-order valence-corrected chi connectivity index (χ2v) is 30.3. The molecule has 4 heteroatoms. The van der Waals surface area contributed by atoms with Crippen LogP contribution >= 0.6 is 24.8 Å². The predicted molar refractivity (Wildman–Crippen MR) is 199 cm³/mol. The maximum atomic E-state index is 2.55. The molecule has 0 saturated carbocycles. The zero-order valence-electron chi connectivity index (χ0n) is 26.5. The first kappa shape index (κ1) is 33.6. The summed E-state index contributed by atoms with van der Waals surface area (Å²) in [5, 5.41) is 0. The number of halogens is 2. The van der Waals surface area contributed by atoms with Crippen molar-refractivity contribution in [3.05, 3.63) is 165 Å². The van der Waals surface area contributed by atoms with Crippen LogP contribution in [-0.4, -0.2) is 6.88 Å². The van der Waals surface area contributed by atoms with Crippen molar-refractivity contribution < 1.29 is 18.9 Å². The summed E-state index contributed by atoms with van der Waals surface area (Å²) in [7, 11) is 0. The summed E-state index contributed by atoms with van der Waals surface area (Å²) in [4.78, 5) is 0. The van der Waals surface area contributed by atoms with Gasteiger partial charge in [-0.2, -0.15) is 0 Å². The Hall–Kier alpha value is -2.74. The van der Waals surface area contributed by atoms with Crippen LogP contribution < -0.4 is 0 Å². The Morgan fingerprint density at radius 1 is 0.511 bits per heavy atom. The number of benzene rings is 5. The summed E-state index contributed by atoms with van der Waals surface area (Å²) in [6.07, 6.45) is 5.11. The topological polar surface area (TPSA) is 0 Å². The van der Waals surface area contributed by atoms with Crippen molar-refractivity contribution >= 4 is 43.8 Å². The number of rotatable bonds is 6. The van der Waals surface area contributed by atoms with Crippen LogP contribution in [0, 0.1) is 13.8 Å². The van der Waals surface area contributed by atoms with Crippen molar-refractivity contribution in [1.82, 2.24) is 0 Å². The Kier molecular flexibility index (Phi) is 10.1. The summed E-state index contributed by atoms with van der Waals surface area (Å²) in [5.74, 6) is 0. The molecule has 0 aliphatic heterocycles. The average Bonchev–Trinajstić information content (AvgIpc) is 3.54. The Bertz CT molecular complexity index is 1840. The molecule has 5 aromatic carbocycles. The summed E-state index contributed by atoms with van der Waals surface area (Å²) in [6.45, 7) is 11.9. The molecule has 0 N–H and O–H groups in total. The zero-order valence-corrected chi connectivity index (χ0v) is 32.0. The van der Waals surface area contributed by atoms with Crippen molar-refractivity contribution in [2.24, 2.45) is 0 Å². The fraction of sp³-hybridized carbons (Fsp3) is 0.171. The fourth-order valence-electron chi connectivity index (χ4n) is 8.27. The number of hydrogen-bond acceptors (Lipinski definition) is 0. The van der Waals surface area contributed by atoms with Gasteiger partial charge in [0.05, 0.1) is 0 Å². The minimum absolute atomic E-state index is 0. The van der Waals surface area contributed by atoms with Crippen LogP contribution in [-0.2, 0) is 23.0 Å². The van der Waals surface area contributed by atoms with E-state index in [2.05, 4.69) is 162 Å². The molecule has 0 aromatic heterocycles. The van der Waals surface area contributed by atoms with Gasteiger partial charge in [0.25, 0.3) is 0 Å². The number of allylic oxidation sites excluding steroid dienone is 2. The zero-order chi connectivity index (χ0) is 29.7. The fourth-order valence-corrected chi connectivity index (χ4v) is 29.8. The molecule has 0 bridgehead atoms. The maximum absolute atomic E-state index is 3.22. The van der Waals surface area contributed by atoms with Crippen molar-refractivity contribution in [1.29, 1.82) is 0 Å². The van der Waals surface area contributed by atoms with E-state index in [1.807, 2.05) is 0 Å². The molecule has 2 aliphatic carbocycles. The van der Waals surface area contributed by atoms with Gasteiger partial charge in [0.2, 0.25) is 0 Å². The van der Waals surface area contributed by atoms with E-state index in [1.54, 1.807) is 22.3 Å². The molecule has 0 fully saturated rings. The SMILES string of the molecule is CC1=Cc2c(ccc(C)c2-c2ccccc2)[CH]1[Zr](=[SiH2])([CH2]c1ccccc1)[CH]1C(C)=Cc2c1ccc(C)c2-c1ccccc1.Cl.Cl. The molecular weight excluding hydrogens is 683 g/mol. The quantitative estimate of drug-likeness (QED) is 0.153. The van der Waals surface area contributed by atoms with E-state index in [0.717, 1.165) is 0 Å². The third kappa shape index (κ3) is 5.85. The molecule has 0 saturated heterocycles. The molecule has 7 rings (SSSR count). The summed E-state index contributed by atoms with van der Waals surface area (Å²) < 4.78 is 2.26. The first-order chi connectivity index (χ1) is 20.9. The Morgan fingerprint density at radius 2 is 0.889 bits per heavy atom. The van der Waals surface area contributed by atoms with Gasteiger partial charge in [-0.3, -0.25) is 0 Å². The number of aryl methyl sites for hydroxylation is 2. The summed E-state index contributed by atoms with van der Waals surface area (Å²) in [5.41, 5.74) is 18.9. The normalized spacial score (nSPS) is 17.6. The van der Waals surface area contributed by atoms with Gasteiger partial charge in [0, 0.05) is 0 Å². The molecular formula is C41H41Cl2SiZr. The molecule has 2 atom stereocenters. The van der Waals surface area contributed by atoms with Crippen LogP contribution in [0.2, 0.25) is 0 Å². The van der Waals surface area contributed by atoms with E-state index < -0.39 is 18.9 Å². The Morgan fingerprint density at radius 3 is 1.29 bits per heavy atom. The standard InChI is InChI=1S/2C17H15.C7H7.2ClH.H2Si.Zr/c2*1-12-10-15-9-8-13(2)17(16(15)11-12)14-6-4-3-5-7-14;1-7-5-3-2-4-6-7;;;;/h2*3-11H,1-2H3;2-6H,1H2;2*1H;1H2;. The van der Waals surface area contributed by atoms with Crippen molar-refractivity contribution in [3.8, 4) is 22.3 Å². The van der Waals surface area contributed by atoms with Crippen LogP contribution in [0.15, 0.2) is 126 Å². The first-order valence-corrected chi connectivity index (χ1v) is 26.0. The molecule has 2 unspecified atom stereocenters. The van der Waals surface area contributed by atoms with Gasteiger partial charge in [0.1, 0.15) is 0 Å². The van der Waals surface area contributed by atoms with Crippen LogP contribution in [0.3, 0.4) is 0 Å². The third-order valence-electron chi connectivity index (χ3n) is 9.90. The van der Waals surface area contributed by atoms with Gasteiger partial charge in [-0.1, -0.05) is 0 Å². The largest absolute Gasteiger partial charge is 0.147 e. The van der Waals surface area contributed by atoms with Gasteiger partial charge in [-0.15, -0.1) is 24.8 Å². The third-order valence-corrected chi connectivity index (χ3v) is 28.3. The minimum Gasteiger partial charge on any atom is -0.147 e. The number of hydrogen-bond donors (Lipinski definition) is 0. The molecule has 0 spiro atoms. The van der Waals surface area contributed by atoms with Crippen molar-refractivity contribution in [3.63, 3.8) is 0 Å². The summed E-state index contributed by atoms with van der Waals surface area (Å²) in [6, 6.07) is 43.2. The Labute approximate surface area is 287 Å². The molecule has 0 amide bonds. The first-order valence-electron chi connectivity index (χ1n) is 15.5. The second-order valence-electron chi connectivity index (χ2n) is 12.8. The van der Waals surface area contributed by atoms with E-state index in [4.69, 9.17) is 0 Å². The van der Waals surface area contributed by atoms with E-state index in [1.165, 1.54) is 54.2 Å². The number of fused-ring (bicyclic) bond motifs is 2. The molecule has 0 radical (unpaired) electrons. The molecule has 227 valence electrons. The molecule has 0 heterocycles. The average molecular weight is 724 g/mol. The van der Waals surface area contributed by atoms with Crippen LogP contribution in [0.5, 0.6) is 0 Å². The van der Waals surface area contributed by atoms with E-state index in [-0.39, 0.29) is 24.8 Å². The van der Waals surface area contributed by atoms with Crippen LogP contribution in [0.4, 0.5) is 0 Å². The van der Waals surface area contributed by atoms with Crippen LogP contribution in [0.1, 0.15) is 60.0 Å². The molecule has 2 aliphatic rings. The van der Waals surface area contributed by atoms with Crippen molar-refractivity contribution in [2.75, 3.05) is 0 Å².